The molecule has 3 aromatic carbocycles. The predicted octanol–water partition coefficient (Wildman–Crippen LogP) is 7.62. The lowest BCUT2D eigenvalue weighted by Crippen LogP contribution is -2.09. The first kappa shape index (κ1) is 21.6. The second-order valence-electron chi connectivity index (χ2n) is 7.49. The topological polar surface area (TPSA) is 18.5 Å². The number of benzene rings is 3. The van der Waals surface area contributed by atoms with Gasteiger partial charge in [-0.2, -0.15) is 0 Å². The van der Waals surface area contributed by atoms with Crippen molar-refractivity contribution in [2.75, 3.05) is 7.11 Å². The molecule has 0 fully saturated rings. The maximum atomic E-state index is 15.2. The maximum Gasteiger partial charge on any atom is 0.139 e. The Kier molecular flexibility index (Phi) is 7.23. The van der Waals surface area contributed by atoms with Gasteiger partial charge >= 0.3 is 0 Å². The molecule has 2 nitrogen and oxygen atoms in total. The molecule has 0 aromatic heterocycles. The van der Waals surface area contributed by atoms with Crippen molar-refractivity contribution in [1.82, 2.24) is 0 Å². The fraction of sp³-hybridized carbons (Fsp3) is 0.231. The second kappa shape index (κ2) is 10.1. The van der Waals surface area contributed by atoms with Gasteiger partial charge in [0.15, 0.2) is 0 Å². The van der Waals surface area contributed by atoms with Crippen molar-refractivity contribution < 1.29 is 18.3 Å². The lowest BCUT2D eigenvalue weighted by molar-refractivity contribution is 0.408. The van der Waals surface area contributed by atoms with Crippen LogP contribution in [-0.4, -0.2) is 7.11 Å². The van der Waals surface area contributed by atoms with Gasteiger partial charge in [-0.1, -0.05) is 56.3 Å². The van der Waals surface area contributed by atoms with E-state index in [1.165, 1.54) is 0 Å². The van der Waals surface area contributed by atoms with Crippen molar-refractivity contribution in [3.63, 3.8) is 0 Å². The molecule has 0 spiro atoms. The van der Waals surface area contributed by atoms with Crippen LogP contribution in [0.5, 0.6) is 17.2 Å². The molecule has 3 rings (SSSR count). The normalized spacial score (nSPS) is 13.0. The zero-order valence-corrected chi connectivity index (χ0v) is 17.4. The van der Waals surface area contributed by atoms with Crippen LogP contribution in [0.3, 0.4) is 0 Å². The number of hydrogen-bond acceptors (Lipinski definition) is 2. The standard InChI is InChI=1S/C26H26F2O2/c1-18(2)25(20-12-14-21(29-3)15-13-20)26(28)24(27)17-19-8-7-11-23(16-19)30-22-9-5-4-6-10-22/h4-16,18,25H,17H2,1-3H3/b26-24+. The van der Waals surface area contributed by atoms with Gasteiger partial charge < -0.3 is 9.47 Å². The Labute approximate surface area is 176 Å². The van der Waals surface area contributed by atoms with Crippen LogP contribution in [0.4, 0.5) is 8.78 Å². The quantitative estimate of drug-likeness (QED) is 0.382. The van der Waals surface area contributed by atoms with Crippen LogP contribution in [0, 0.1) is 5.92 Å². The predicted molar refractivity (Wildman–Crippen MR) is 116 cm³/mol. The van der Waals surface area contributed by atoms with Gasteiger partial charge in [0.25, 0.3) is 0 Å². The van der Waals surface area contributed by atoms with Crippen LogP contribution in [0.1, 0.15) is 30.9 Å². The molecule has 3 aromatic rings. The lowest BCUT2D eigenvalue weighted by atomic mass is 9.86. The van der Waals surface area contributed by atoms with Gasteiger partial charge in [0.2, 0.25) is 0 Å². The number of halogens is 2. The van der Waals surface area contributed by atoms with E-state index < -0.39 is 17.6 Å². The van der Waals surface area contributed by atoms with Gasteiger partial charge in [0.1, 0.15) is 28.9 Å². The van der Waals surface area contributed by atoms with Gasteiger partial charge in [0, 0.05) is 12.3 Å². The highest BCUT2D eigenvalue weighted by Crippen LogP contribution is 2.36. The molecule has 0 aliphatic carbocycles. The van der Waals surface area contributed by atoms with Gasteiger partial charge in [-0.25, -0.2) is 8.78 Å². The molecule has 1 atom stereocenters. The lowest BCUT2D eigenvalue weighted by Gasteiger charge is -2.21. The van der Waals surface area contributed by atoms with Crippen LogP contribution in [0.2, 0.25) is 0 Å². The summed E-state index contributed by atoms with van der Waals surface area (Å²) in [6.07, 6.45) is -0.128. The van der Waals surface area contributed by atoms with Gasteiger partial charge in [-0.3, -0.25) is 0 Å². The van der Waals surface area contributed by atoms with Crippen LogP contribution < -0.4 is 9.47 Å². The summed E-state index contributed by atoms with van der Waals surface area (Å²) in [5.74, 6) is -0.289. The molecule has 4 heteroatoms. The SMILES string of the molecule is COc1ccc(C(/C(F)=C(\F)Cc2cccc(Oc3ccccc3)c2)C(C)C)cc1. The van der Waals surface area contributed by atoms with Crippen LogP contribution in [0.25, 0.3) is 0 Å². The highest BCUT2D eigenvalue weighted by Gasteiger charge is 2.25. The number of ether oxygens (including phenoxy) is 2. The van der Waals surface area contributed by atoms with E-state index in [2.05, 4.69) is 0 Å². The minimum atomic E-state index is -0.763. The van der Waals surface area contributed by atoms with E-state index in [4.69, 9.17) is 9.47 Å². The molecule has 0 saturated heterocycles. The Balaban J connectivity index is 1.80. The first-order valence-corrected chi connectivity index (χ1v) is 9.97. The molecule has 0 heterocycles. The van der Waals surface area contributed by atoms with Crippen molar-refractivity contribution >= 4 is 0 Å². The third-order valence-corrected chi connectivity index (χ3v) is 4.91. The summed E-state index contributed by atoms with van der Waals surface area (Å²) in [5.41, 5.74) is 1.37. The van der Waals surface area contributed by atoms with E-state index in [0.717, 1.165) is 5.56 Å². The molecule has 1 unspecified atom stereocenters. The molecule has 0 saturated carbocycles. The van der Waals surface area contributed by atoms with Gasteiger partial charge in [0.05, 0.1) is 7.11 Å². The molecular weight excluding hydrogens is 382 g/mol. The van der Waals surface area contributed by atoms with E-state index in [1.807, 2.05) is 44.2 Å². The molecule has 0 bridgehead atoms. The third kappa shape index (κ3) is 5.47. The summed E-state index contributed by atoms with van der Waals surface area (Å²) in [6.45, 7) is 3.77. The summed E-state index contributed by atoms with van der Waals surface area (Å²) in [5, 5.41) is 0. The van der Waals surface area contributed by atoms with Crippen molar-refractivity contribution in [2.24, 2.45) is 5.92 Å². The molecule has 156 valence electrons. The van der Waals surface area contributed by atoms with E-state index in [0.29, 0.717) is 22.8 Å². The monoisotopic (exact) mass is 408 g/mol. The van der Waals surface area contributed by atoms with E-state index >= 15 is 4.39 Å². The average molecular weight is 408 g/mol. The number of rotatable bonds is 8. The first-order valence-electron chi connectivity index (χ1n) is 9.97. The Morgan fingerprint density at radius 2 is 1.47 bits per heavy atom. The van der Waals surface area contributed by atoms with Crippen LogP contribution >= 0.6 is 0 Å². The van der Waals surface area contributed by atoms with Crippen LogP contribution in [-0.2, 0) is 6.42 Å². The highest BCUT2D eigenvalue weighted by atomic mass is 19.2. The summed E-state index contributed by atoms with van der Waals surface area (Å²) in [4.78, 5) is 0. The molecule has 0 N–H and O–H groups in total. The largest absolute Gasteiger partial charge is 0.497 e. The summed E-state index contributed by atoms with van der Waals surface area (Å²) in [6, 6.07) is 23.5. The summed E-state index contributed by atoms with van der Waals surface area (Å²) in [7, 11) is 1.57. The second-order valence-corrected chi connectivity index (χ2v) is 7.49. The number of methoxy groups -OCH3 is 1. The minimum Gasteiger partial charge on any atom is -0.497 e. The fourth-order valence-corrected chi connectivity index (χ4v) is 3.41. The average Bonchev–Trinajstić information content (AvgIpc) is 2.75. The summed E-state index contributed by atoms with van der Waals surface area (Å²) < 4.78 is 41.0. The number of hydrogen-bond donors (Lipinski definition) is 0. The Bertz CT molecular complexity index is 979. The maximum absolute atomic E-state index is 15.2. The van der Waals surface area contributed by atoms with Crippen molar-refractivity contribution in [1.29, 1.82) is 0 Å². The third-order valence-electron chi connectivity index (χ3n) is 4.91. The summed E-state index contributed by atoms with van der Waals surface area (Å²) >= 11 is 0. The van der Waals surface area contributed by atoms with Gasteiger partial charge in [-0.15, -0.1) is 0 Å². The Morgan fingerprint density at radius 1 is 0.800 bits per heavy atom. The van der Waals surface area contributed by atoms with E-state index in [-0.39, 0.29) is 12.3 Å². The smallest absolute Gasteiger partial charge is 0.139 e. The fourth-order valence-electron chi connectivity index (χ4n) is 3.41. The number of para-hydroxylation sites is 1. The first-order chi connectivity index (χ1) is 14.5. The minimum absolute atomic E-state index is 0.100. The van der Waals surface area contributed by atoms with E-state index in [1.54, 1.807) is 55.6 Å². The molecule has 30 heavy (non-hydrogen) atoms. The molecular formula is C26H26F2O2. The Hall–Kier alpha value is -3.14. The molecule has 0 radical (unpaired) electrons. The zero-order valence-electron chi connectivity index (χ0n) is 17.4. The highest BCUT2D eigenvalue weighted by molar-refractivity contribution is 5.37. The number of allylic oxidation sites excluding steroid dienone is 2. The van der Waals surface area contributed by atoms with Gasteiger partial charge in [-0.05, 0) is 53.4 Å². The van der Waals surface area contributed by atoms with Crippen molar-refractivity contribution in [2.45, 2.75) is 26.2 Å². The molecule has 0 amide bonds. The van der Waals surface area contributed by atoms with Crippen LogP contribution in [0.15, 0.2) is 90.5 Å². The Morgan fingerprint density at radius 3 is 2.10 bits per heavy atom. The van der Waals surface area contributed by atoms with E-state index in [9.17, 15) is 4.39 Å². The zero-order chi connectivity index (χ0) is 21.5. The van der Waals surface area contributed by atoms with Crippen molar-refractivity contribution in [3.8, 4) is 17.2 Å². The molecule has 0 aliphatic heterocycles. The van der Waals surface area contributed by atoms with Crippen molar-refractivity contribution in [3.05, 3.63) is 102 Å². The molecule has 0 aliphatic rings.